The van der Waals surface area contributed by atoms with Gasteiger partial charge in [-0.2, -0.15) is 0 Å². The topological polar surface area (TPSA) is 144 Å². The number of urea groups is 1. The van der Waals surface area contributed by atoms with E-state index < -0.39 is 23.9 Å². The van der Waals surface area contributed by atoms with Gasteiger partial charge in [0.05, 0.1) is 19.8 Å². The zero-order valence-corrected chi connectivity index (χ0v) is 23.9. The number of carbonyl (C=O) groups is 4. The Hall–Kier alpha value is -4.58. The van der Waals surface area contributed by atoms with Crippen LogP contribution in [0.15, 0.2) is 54.7 Å². The Kier molecular flexibility index (Phi) is 8.62. The van der Waals surface area contributed by atoms with E-state index in [0.717, 1.165) is 22.2 Å². The summed E-state index contributed by atoms with van der Waals surface area (Å²) in [6.07, 6.45) is 1.97. The highest BCUT2D eigenvalue weighted by Crippen LogP contribution is 2.21. The van der Waals surface area contributed by atoms with E-state index in [2.05, 4.69) is 10.3 Å². The van der Waals surface area contributed by atoms with Gasteiger partial charge in [-0.3, -0.25) is 14.4 Å². The molecule has 2 fully saturated rings. The molecule has 0 unspecified atom stereocenters. The first-order chi connectivity index (χ1) is 20.2. The Morgan fingerprint density at radius 1 is 1.00 bits per heavy atom. The number of benzene rings is 2. The van der Waals surface area contributed by atoms with Crippen LogP contribution in [-0.4, -0.2) is 116 Å². The quantitative estimate of drug-likeness (QED) is 0.384. The van der Waals surface area contributed by atoms with Gasteiger partial charge in [0.15, 0.2) is 0 Å². The Labute approximate surface area is 244 Å². The molecule has 0 spiro atoms. The third-order valence-electron chi connectivity index (χ3n) is 7.89. The fourth-order valence-corrected chi connectivity index (χ4v) is 5.45. The average Bonchev–Trinajstić information content (AvgIpc) is 3.42. The zero-order chi connectivity index (χ0) is 29.8. The number of aromatic nitrogens is 1. The molecule has 4 N–H and O–H groups in total. The first-order valence-electron chi connectivity index (χ1n) is 14.1. The Morgan fingerprint density at radius 3 is 2.40 bits per heavy atom. The van der Waals surface area contributed by atoms with E-state index in [1.54, 1.807) is 28.1 Å². The lowest BCUT2D eigenvalue weighted by Gasteiger charge is -2.43. The number of fused-ring (bicyclic) bond motifs is 1. The third kappa shape index (κ3) is 6.18. The molecule has 1 aromatic heterocycles. The molecule has 0 bridgehead atoms. The Bertz CT molecular complexity index is 1450. The average molecular weight is 576 g/mol. The standard InChI is InChI=1S/C30H37N7O5/c1-34(2)22-9-7-20(8-10-22)29(40)36-11-12-37(30(41)35-13-15-42-16-14-35)26(19-36)28(39)33-25(27(31)38)17-21-18-32-24-6-4-3-5-23(21)24/h3-10,18,25-26,32H,11-17,19H2,1-2H3,(H2,31,38)(H,33,39)/t25-,26+/m1/s1. The SMILES string of the molecule is CN(C)c1ccc(C(=O)N2CCN(C(=O)N3CCOCC3)[C@H](C(=O)N[C@H](Cc3c[nH]c4ccccc34)C(N)=O)C2)cc1. The summed E-state index contributed by atoms with van der Waals surface area (Å²) in [5.41, 5.74) is 8.92. The first-order valence-corrected chi connectivity index (χ1v) is 14.1. The van der Waals surface area contributed by atoms with E-state index in [9.17, 15) is 19.2 Å². The number of hydrogen-bond acceptors (Lipinski definition) is 6. The van der Waals surface area contributed by atoms with Crippen LogP contribution < -0.4 is 16.0 Å². The highest BCUT2D eigenvalue weighted by molar-refractivity contribution is 5.97. The lowest BCUT2D eigenvalue weighted by atomic mass is 10.0. The van der Waals surface area contributed by atoms with Crippen molar-refractivity contribution in [3.05, 3.63) is 65.9 Å². The number of carbonyl (C=O) groups excluding carboxylic acids is 4. The smallest absolute Gasteiger partial charge is 0.320 e. The third-order valence-corrected chi connectivity index (χ3v) is 7.89. The molecule has 5 rings (SSSR count). The molecule has 5 amide bonds. The number of piperazine rings is 1. The second-order valence-corrected chi connectivity index (χ2v) is 10.8. The Morgan fingerprint density at radius 2 is 1.71 bits per heavy atom. The van der Waals surface area contributed by atoms with Gasteiger partial charge in [0.2, 0.25) is 11.8 Å². The number of primary amides is 1. The molecule has 2 aliphatic heterocycles. The summed E-state index contributed by atoms with van der Waals surface area (Å²) in [4.78, 5) is 63.2. The van der Waals surface area contributed by atoms with Crippen molar-refractivity contribution in [1.82, 2.24) is 25.0 Å². The monoisotopic (exact) mass is 575 g/mol. The van der Waals surface area contributed by atoms with Gasteiger partial charge in [-0.05, 0) is 35.9 Å². The van der Waals surface area contributed by atoms with E-state index in [-0.39, 0.29) is 38.0 Å². The van der Waals surface area contributed by atoms with Crippen molar-refractivity contribution >= 4 is 40.3 Å². The van der Waals surface area contributed by atoms with Gasteiger partial charge < -0.3 is 40.4 Å². The number of rotatable bonds is 7. The maximum absolute atomic E-state index is 13.8. The molecule has 0 radical (unpaired) electrons. The number of nitrogens with one attached hydrogen (secondary N) is 2. The predicted molar refractivity (Wildman–Crippen MR) is 158 cm³/mol. The first kappa shape index (κ1) is 28.9. The summed E-state index contributed by atoms with van der Waals surface area (Å²) >= 11 is 0. The molecule has 2 aliphatic rings. The van der Waals surface area contributed by atoms with Gasteiger partial charge in [0, 0.05) is 75.0 Å². The van der Waals surface area contributed by atoms with Crippen LogP contribution >= 0.6 is 0 Å². The molecular formula is C30H37N7O5. The molecule has 12 nitrogen and oxygen atoms in total. The van der Waals surface area contributed by atoms with E-state index >= 15 is 0 Å². The lowest BCUT2D eigenvalue weighted by molar-refractivity contribution is -0.131. The summed E-state index contributed by atoms with van der Waals surface area (Å²) in [5.74, 6) is -1.47. The van der Waals surface area contributed by atoms with Crippen molar-refractivity contribution in [2.45, 2.75) is 18.5 Å². The van der Waals surface area contributed by atoms with Gasteiger partial charge in [-0.15, -0.1) is 0 Å². The largest absolute Gasteiger partial charge is 0.378 e. The van der Waals surface area contributed by atoms with Crippen molar-refractivity contribution in [1.29, 1.82) is 0 Å². The number of aromatic amines is 1. The number of morpholine rings is 1. The van der Waals surface area contributed by atoms with Crippen molar-refractivity contribution in [3.8, 4) is 0 Å². The highest BCUT2D eigenvalue weighted by Gasteiger charge is 2.40. The molecule has 222 valence electrons. The summed E-state index contributed by atoms with van der Waals surface area (Å²) < 4.78 is 5.39. The van der Waals surface area contributed by atoms with E-state index in [4.69, 9.17) is 10.5 Å². The van der Waals surface area contributed by atoms with Gasteiger partial charge in [0.25, 0.3) is 5.91 Å². The molecule has 0 aliphatic carbocycles. The molecule has 2 saturated heterocycles. The van der Waals surface area contributed by atoms with Crippen LogP contribution in [0.2, 0.25) is 0 Å². The van der Waals surface area contributed by atoms with Crippen molar-refractivity contribution in [2.75, 3.05) is 64.9 Å². The number of amides is 5. The fraction of sp³-hybridized carbons (Fsp3) is 0.400. The van der Waals surface area contributed by atoms with Crippen molar-refractivity contribution in [3.63, 3.8) is 0 Å². The second kappa shape index (κ2) is 12.5. The minimum Gasteiger partial charge on any atom is -0.378 e. The van der Waals surface area contributed by atoms with Crippen LogP contribution in [0.5, 0.6) is 0 Å². The van der Waals surface area contributed by atoms with Crippen LogP contribution in [-0.2, 0) is 20.7 Å². The van der Waals surface area contributed by atoms with Gasteiger partial charge in [-0.1, -0.05) is 18.2 Å². The molecule has 12 heteroatoms. The molecule has 0 saturated carbocycles. The lowest BCUT2D eigenvalue weighted by Crippen LogP contribution is -2.65. The highest BCUT2D eigenvalue weighted by atomic mass is 16.5. The maximum Gasteiger partial charge on any atom is 0.320 e. The van der Waals surface area contributed by atoms with Crippen LogP contribution in [0, 0.1) is 0 Å². The molecule has 2 aromatic carbocycles. The number of hydrogen-bond donors (Lipinski definition) is 3. The van der Waals surface area contributed by atoms with Gasteiger partial charge in [0.1, 0.15) is 12.1 Å². The Balaban J connectivity index is 1.36. The van der Waals surface area contributed by atoms with Crippen LogP contribution in [0.4, 0.5) is 10.5 Å². The zero-order valence-electron chi connectivity index (χ0n) is 23.9. The number of para-hydroxylation sites is 1. The number of ether oxygens (including phenoxy) is 1. The molecule has 42 heavy (non-hydrogen) atoms. The minimum atomic E-state index is -1.01. The van der Waals surface area contributed by atoms with E-state index in [0.29, 0.717) is 31.9 Å². The molecular weight excluding hydrogens is 538 g/mol. The summed E-state index contributed by atoms with van der Waals surface area (Å²) in [5, 5.41) is 3.72. The molecule has 2 atom stereocenters. The normalized spacial score (nSPS) is 18.0. The summed E-state index contributed by atoms with van der Waals surface area (Å²) in [7, 11) is 3.84. The summed E-state index contributed by atoms with van der Waals surface area (Å²) in [6.45, 7) is 2.07. The van der Waals surface area contributed by atoms with Gasteiger partial charge in [-0.25, -0.2) is 4.79 Å². The predicted octanol–water partition coefficient (Wildman–Crippen LogP) is 1.03. The minimum absolute atomic E-state index is 0.0191. The number of anilines is 1. The number of H-pyrrole nitrogens is 1. The fourth-order valence-electron chi connectivity index (χ4n) is 5.45. The number of nitrogens with two attached hydrogens (primary N) is 1. The van der Waals surface area contributed by atoms with Crippen LogP contribution in [0.25, 0.3) is 10.9 Å². The van der Waals surface area contributed by atoms with Crippen molar-refractivity contribution in [2.24, 2.45) is 5.73 Å². The second-order valence-electron chi connectivity index (χ2n) is 10.8. The molecule has 3 heterocycles. The van der Waals surface area contributed by atoms with Crippen molar-refractivity contribution < 1.29 is 23.9 Å². The van der Waals surface area contributed by atoms with Crippen LogP contribution in [0.3, 0.4) is 0 Å². The number of nitrogens with zero attached hydrogens (tertiary/aromatic N) is 4. The maximum atomic E-state index is 13.8. The van der Waals surface area contributed by atoms with E-state index in [1.165, 1.54) is 4.90 Å². The molecule has 3 aromatic rings. The van der Waals surface area contributed by atoms with Gasteiger partial charge >= 0.3 is 6.03 Å². The van der Waals surface area contributed by atoms with Crippen LogP contribution in [0.1, 0.15) is 15.9 Å². The summed E-state index contributed by atoms with van der Waals surface area (Å²) in [6, 6.07) is 12.6. The van der Waals surface area contributed by atoms with E-state index in [1.807, 2.05) is 55.4 Å².